The second-order valence-electron chi connectivity index (χ2n) is 2.50. The summed E-state index contributed by atoms with van der Waals surface area (Å²) in [5, 5.41) is 35.1. The van der Waals surface area contributed by atoms with E-state index in [-0.39, 0.29) is 29.6 Å². The Labute approximate surface area is 106 Å². The summed E-state index contributed by atoms with van der Waals surface area (Å²) in [4.78, 5) is 20.9. The van der Waals surface area contributed by atoms with Gasteiger partial charge in [0.2, 0.25) is 0 Å². The molecule has 0 unspecified atom stereocenters. The predicted molar refractivity (Wildman–Crippen MR) is 50.8 cm³/mol. The summed E-state index contributed by atoms with van der Waals surface area (Å²) in [5.41, 5.74) is -1.06. The monoisotopic (exact) mass is 222 g/mol. The molecule has 0 fully saturated rings. The van der Waals surface area contributed by atoms with E-state index >= 15 is 0 Å². The molecule has 7 heteroatoms. The fraction of sp³-hybridized carbons (Fsp3) is 0. The first-order chi connectivity index (χ1) is 6.43. The molecule has 0 saturated heterocycles. The number of phenolic OH excluding ortho intramolecular Hbond substituents is 1. The number of aromatic hydroxyl groups is 2. The predicted octanol–water partition coefficient (Wildman–Crippen LogP) is -0.154. The number of hydrogen-bond acceptors (Lipinski definition) is 4. The molecule has 1 aromatic rings. The van der Waals surface area contributed by atoms with Gasteiger partial charge < -0.3 is 20.4 Å². The summed E-state index contributed by atoms with van der Waals surface area (Å²) in [6.07, 6.45) is 0. The van der Waals surface area contributed by atoms with Crippen LogP contribution < -0.4 is 0 Å². The van der Waals surface area contributed by atoms with Crippen LogP contribution in [0.1, 0.15) is 20.7 Å². The van der Waals surface area contributed by atoms with E-state index in [1.807, 2.05) is 0 Å². The molecule has 15 heavy (non-hydrogen) atoms. The van der Waals surface area contributed by atoms with E-state index in [9.17, 15) is 9.59 Å². The zero-order valence-electron chi connectivity index (χ0n) is 6.76. The van der Waals surface area contributed by atoms with Crippen molar-refractivity contribution in [2.24, 2.45) is 0 Å². The number of benzene rings is 1. The Morgan fingerprint density at radius 3 is 1.93 bits per heavy atom. The van der Waals surface area contributed by atoms with Crippen LogP contribution in [0, 0.1) is 0 Å². The van der Waals surface area contributed by atoms with Gasteiger partial charge in [-0.15, -0.1) is 0 Å². The molecule has 0 aliphatic rings. The quantitative estimate of drug-likeness (QED) is 0.408. The van der Waals surface area contributed by atoms with Crippen LogP contribution in [0.4, 0.5) is 0 Å². The molecule has 0 atom stereocenters. The number of carboxylic acid groups (broad SMARTS) is 2. The molecule has 0 aromatic heterocycles. The van der Waals surface area contributed by atoms with Crippen molar-refractivity contribution >= 4 is 41.5 Å². The number of phenols is 2. The van der Waals surface area contributed by atoms with Gasteiger partial charge in [-0.05, 0) is 12.1 Å². The summed E-state index contributed by atoms with van der Waals surface area (Å²) in [6.45, 7) is 0. The molecular weight excluding hydrogens is 215 g/mol. The first-order valence-electron chi connectivity index (χ1n) is 3.46. The first kappa shape index (κ1) is 13.8. The molecule has 1 aromatic carbocycles. The minimum atomic E-state index is -1.51. The van der Waals surface area contributed by atoms with Crippen LogP contribution in [-0.2, 0) is 0 Å². The van der Waals surface area contributed by atoms with Gasteiger partial charge in [0.15, 0.2) is 11.5 Å². The minimum absolute atomic E-state index is 0. The van der Waals surface area contributed by atoms with E-state index < -0.39 is 34.6 Å². The molecule has 0 aliphatic heterocycles. The van der Waals surface area contributed by atoms with Crippen LogP contribution in [-0.4, -0.2) is 61.9 Å². The summed E-state index contributed by atoms with van der Waals surface area (Å²) in [7, 11) is 0. The molecular formula is C8H7NaO6. The molecule has 0 spiro atoms. The first-order valence-corrected chi connectivity index (χ1v) is 3.46. The molecule has 0 radical (unpaired) electrons. The second kappa shape index (κ2) is 5.01. The SMILES string of the molecule is O=C(O)c1cc(O)c(O)c(C(=O)O)c1.[NaH]. The Kier molecular flexibility index (Phi) is 4.60. The van der Waals surface area contributed by atoms with Gasteiger partial charge in [-0.1, -0.05) is 0 Å². The Bertz CT molecular complexity index is 414. The van der Waals surface area contributed by atoms with Crippen molar-refractivity contribution in [3.05, 3.63) is 23.3 Å². The molecule has 76 valence electrons. The molecule has 0 amide bonds. The summed E-state index contributed by atoms with van der Waals surface area (Å²) in [6, 6.07) is 1.53. The van der Waals surface area contributed by atoms with Crippen LogP contribution in [0.15, 0.2) is 12.1 Å². The van der Waals surface area contributed by atoms with E-state index in [1.54, 1.807) is 0 Å². The van der Waals surface area contributed by atoms with Gasteiger partial charge in [-0.2, -0.15) is 0 Å². The van der Waals surface area contributed by atoms with E-state index in [2.05, 4.69) is 0 Å². The van der Waals surface area contributed by atoms with E-state index in [4.69, 9.17) is 20.4 Å². The van der Waals surface area contributed by atoms with Crippen LogP contribution in [0.25, 0.3) is 0 Å². The molecule has 0 bridgehead atoms. The van der Waals surface area contributed by atoms with Gasteiger partial charge in [0.05, 0.1) is 5.56 Å². The normalized spacial score (nSPS) is 9.07. The third kappa shape index (κ3) is 2.85. The summed E-state index contributed by atoms with van der Waals surface area (Å²) < 4.78 is 0. The third-order valence-corrected chi connectivity index (χ3v) is 1.57. The van der Waals surface area contributed by atoms with Crippen molar-refractivity contribution < 1.29 is 30.0 Å². The van der Waals surface area contributed by atoms with Crippen molar-refractivity contribution in [1.29, 1.82) is 0 Å². The van der Waals surface area contributed by atoms with Gasteiger partial charge in [-0.25, -0.2) is 9.59 Å². The zero-order chi connectivity index (χ0) is 10.9. The van der Waals surface area contributed by atoms with Crippen molar-refractivity contribution in [3.8, 4) is 11.5 Å². The average molecular weight is 222 g/mol. The fourth-order valence-corrected chi connectivity index (χ4v) is 0.906. The van der Waals surface area contributed by atoms with Crippen LogP contribution in [0.5, 0.6) is 11.5 Å². The Morgan fingerprint density at radius 2 is 1.53 bits per heavy atom. The molecule has 1 rings (SSSR count). The topological polar surface area (TPSA) is 115 Å². The fourth-order valence-electron chi connectivity index (χ4n) is 0.906. The maximum absolute atomic E-state index is 10.5. The Hall–Kier alpha value is -1.24. The van der Waals surface area contributed by atoms with Crippen molar-refractivity contribution in [2.75, 3.05) is 0 Å². The van der Waals surface area contributed by atoms with Crippen LogP contribution >= 0.6 is 0 Å². The number of carbonyl (C=O) groups is 2. The van der Waals surface area contributed by atoms with Gasteiger partial charge in [-0.3, -0.25) is 0 Å². The van der Waals surface area contributed by atoms with Gasteiger partial charge >= 0.3 is 41.5 Å². The van der Waals surface area contributed by atoms with Gasteiger partial charge in [0, 0.05) is 0 Å². The van der Waals surface area contributed by atoms with E-state index in [1.165, 1.54) is 0 Å². The number of carboxylic acids is 2. The molecule has 0 heterocycles. The van der Waals surface area contributed by atoms with E-state index in [0.717, 1.165) is 12.1 Å². The molecule has 0 saturated carbocycles. The number of aromatic carboxylic acids is 2. The average Bonchev–Trinajstić information content (AvgIpc) is 2.08. The van der Waals surface area contributed by atoms with Gasteiger partial charge in [0.25, 0.3) is 0 Å². The number of rotatable bonds is 2. The van der Waals surface area contributed by atoms with Crippen LogP contribution in [0.2, 0.25) is 0 Å². The van der Waals surface area contributed by atoms with Crippen molar-refractivity contribution in [2.45, 2.75) is 0 Å². The molecule has 6 nitrogen and oxygen atoms in total. The standard InChI is InChI=1S/C8H6O6.Na.H/c9-5-2-3(7(11)12)1-4(6(5)10)8(13)14;;/h1-2,9-10H,(H,11,12)(H,13,14);;. The third-order valence-electron chi connectivity index (χ3n) is 1.57. The van der Waals surface area contributed by atoms with E-state index in [0.29, 0.717) is 0 Å². The van der Waals surface area contributed by atoms with Crippen LogP contribution in [0.3, 0.4) is 0 Å². The molecule has 4 N–H and O–H groups in total. The Balaban J connectivity index is 0.00000196. The number of hydrogen-bond donors (Lipinski definition) is 4. The summed E-state index contributed by atoms with van der Waals surface area (Å²) >= 11 is 0. The van der Waals surface area contributed by atoms with Gasteiger partial charge in [0.1, 0.15) is 5.56 Å². The summed E-state index contributed by atoms with van der Waals surface area (Å²) in [5.74, 6) is -4.52. The molecule has 0 aliphatic carbocycles. The zero-order valence-corrected chi connectivity index (χ0v) is 6.76. The van der Waals surface area contributed by atoms with Crippen molar-refractivity contribution in [1.82, 2.24) is 0 Å². The van der Waals surface area contributed by atoms with Crippen molar-refractivity contribution in [3.63, 3.8) is 0 Å². The Morgan fingerprint density at radius 1 is 1.00 bits per heavy atom. The second-order valence-corrected chi connectivity index (χ2v) is 2.50. The maximum atomic E-state index is 10.5.